The van der Waals surface area contributed by atoms with Gasteiger partial charge < -0.3 is 0 Å². The zero-order valence-corrected chi connectivity index (χ0v) is 19.0. The van der Waals surface area contributed by atoms with Crippen LogP contribution in [-0.2, 0) is 0 Å². The van der Waals surface area contributed by atoms with Crippen LogP contribution < -0.4 is 0 Å². The zero-order chi connectivity index (χ0) is 22.5. The number of aryl methyl sites for hydroxylation is 1. The van der Waals surface area contributed by atoms with Crippen LogP contribution >= 0.6 is 0 Å². The van der Waals surface area contributed by atoms with E-state index in [2.05, 4.69) is 74.3 Å². The van der Waals surface area contributed by atoms with E-state index >= 15 is 0 Å². The van der Waals surface area contributed by atoms with Gasteiger partial charge in [-0.15, -0.1) is 10.2 Å². The van der Waals surface area contributed by atoms with E-state index in [0.29, 0.717) is 6.04 Å². The normalized spacial score (nSPS) is 15.8. The third-order valence-corrected chi connectivity index (χ3v) is 6.71. The van der Waals surface area contributed by atoms with Crippen molar-refractivity contribution in [3.63, 3.8) is 0 Å². The van der Waals surface area contributed by atoms with Crippen molar-refractivity contribution < 1.29 is 0 Å². The van der Waals surface area contributed by atoms with Crippen molar-refractivity contribution in [1.29, 1.82) is 0 Å². The number of likely N-dealkylation sites (N-methyl/N-ethyl adjacent to an activating group) is 1. The Morgan fingerprint density at radius 2 is 1.91 bits per heavy atom. The Balaban J connectivity index is 1.32. The summed E-state index contributed by atoms with van der Waals surface area (Å²) in [6.07, 6.45) is 6.02. The van der Waals surface area contributed by atoms with E-state index < -0.39 is 0 Å². The Labute approximate surface area is 191 Å². The second-order valence-electron chi connectivity index (χ2n) is 8.92. The Morgan fingerprint density at radius 3 is 2.76 bits per heavy atom. The lowest BCUT2D eigenvalue weighted by Gasteiger charge is -2.38. The van der Waals surface area contributed by atoms with Crippen molar-refractivity contribution in [2.45, 2.75) is 32.7 Å². The molecule has 1 atom stereocenters. The second kappa shape index (κ2) is 7.74. The van der Waals surface area contributed by atoms with Crippen molar-refractivity contribution in [3.8, 4) is 11.1 Å². The highest BCUT2D eigenvalue weighted by Crippen LogP contribution is 2.29. The van der Waals surface area contributed by atoms with Crippen molar-refractivity contribution in [2.75, 3.05) is 19.6 Å². The minimum atomic E-state index is 0.0465. The van der Waals surface area contributed by atoms with Crippen molar-refractivity contribution in [2.24, 2.45) is 0 Å². The van der Waals surface area contributed by atoms with Gasteiger partial charge >= 0.3 is 0 Å². The number of nitrogens with zero attached hydrogens (tertiary/aromatic N) is 8. The molecule has 5 heterocycles. The lowest BCUT2D eigenvalue weighted by atomic mass is 9.97. The molecule has 1 aliphatic heterocycles. The molecular weight excluding hydrogens is 412 g/mol. The lowest BCUT2D eigenvalue weighted by molar-refractivity contribution is 0.105. The highest BCUT2D eigenvalue weighted by Gasteiger charge is 2.27. The molecule has 0 amide bonds. The summed E-state index contributed by atoms with van der Waals surface area (Å²) in [6.45, 7) is 9.55. The van der Waals surface area contributed by atoms with Gasteiger partial charge in [0.15, 0.2) is 11.5 Å². The molecule has 1 fully saturated rings. The molecule has 0 saturated carbocycles. The molecular formula is C25H26N8. The predicted molar refractivity (Wildman–Crippen MR) is 127 cm³/mol. The molecule has 1 saturated heterocycles. The van der Waals surface area contributed by atoms with E-state index in [4.69, 9.17) is 4.98 Å². The summed E-state index contributed by atoms with van der Waals surface area (Å²) in [6, 6.07) is 13.0. The van der Waals surface area contributed by atoms with E-state index in [9.17, 15) is 0 Å². The van der Waals surface area contributed by atoms with Gasteiger partial charge in [-0.05, 0) is 49.4 Å². The number of rotatable bonds is 5. The fourth-order valence-corrected chi connectivity index (χ4v) is 4.55. The summed E-state index contributed by atoms with van der Waals surface area (Å²) in [7, 11) is 0. The monoisotopic (exact) mass is 438 g/mol. The first-order chi connectivity index (χ1) is 16.1. The number of fused-ring (bicyclic) bond motifs is 2. The molecule has 6 rings (SSSR count). The summed E-state index contributed by atoms with van der Waals surface area (Å²) in [4.78, 5) is 7.12. The van der Waals surface area contributed by atoms with Crippen LogP contribution in [0.4, 0.5) is 0 Å². The van der Waals surface area contributed by atoms with Crippen LogP contribution in [0.3, 0.4) is 0 Å². The minimum Gasteiger partial charge on any atom is -0.299 e. The third-order valence-electron chi connectivity index (χ3n) is 6.71. The molecule has 0 spiro atoms. The van der Waals surface area contributed by atoms with Crippen LogP contribution in [-0.4, -0.2) is 59.1 Å². The number of benzene rings is 1. The molecule has 8 heteroatoms. The standard InChI is InChI=1S/C25H26N8/c1-4-31-14-22(15-31)32-13-21(12-27-32)20-10-19-9-18(6-7-23(19)26-11-20)17(3)25-29-28-24-8-5-16(2)30-33(24)25/h5-13,17,22H,4,14-15H2,1-3H3. The molecule has 33 heavy (non-hydrogen) atoms. The maximum atomic E-state index is 4.71. The fraction of sp³-hybridized carbons (Fsp3) is 0.320. The predicted octanol–water partition coefficient (Wildman–Crippen LogP) is 3.87. The number of aromatic nitrogens is 7. The largest absolute Gasteiger partial charge is 0.299 e. The summed E-state index contributed by atoms with van der Waals surface area (Å²) in [5.41, 5.74) is 6.01. The van der Waals surface area contributed by atoms with Crippen LogP contribution in [0.25, 0.3) is 27.7 Å². The van der Waals surface area contributed by atoms with Gasteiger partial charge in [0.2, 0.25) is 0 Å². The molecule has 0 bridgehead atoms. The summed E-state index contributed by atoms with van der Waals surface area (Å²) in [5, 5.41) is 19.0. The Morgan fingerprint density at radius 1 is 1.03 bits per heavy atom. The van der Waals surface area contributed by atoms with Gasteiger partial charge in [-0.2, -0.15) is 14.7 Å². The fourth-order valence-electron chi connectivity index (χ4n) is 4.55. The molecule has 0 radical (unpaired) electrons. The van der Waals surface area contributed by atoms with Crippen molar-refractivity contribution in [1.82, 2.24) is 39.5 Å². The van der Waals surface area contributed by atoms with Crippen LogP contribution in [0, 0.1) is 6.92 Å². The Kier molecular flexibility index (Phi) is 4.69. The Bertz CT molecular complexity index is 1460. The average molecular weight is 439 g/mol. The number of pyridine rings is 1. The maximum Gasteiger partial charge on any atom is 0.177 e. The van der Waals surface area contributed by atoms with Gasteiger partial charge in [-0.25, -0.2) is 0 Å². The molecule has 4 aromatic heterocycles. The Hall–Kier alpha value is -3.65. The van der Waals surface area contributed by atoms with E-state index in [1.165, 1.54) is 0 Å². The summed E-state index contributed by atoms with van der Waals surface area (Å²) in [5.74, 6) is 0.880. The number of likely N-dealkylation sites (tertiary alicyclic amines) is 1. The first-order valence-corrected chi connectivity index (χ1v) is 11.4. The van der Waals surface area contributed by atoms with E-state index in [1.54, 1.807) is 0 Å². The number of hydrogen-bond donors (Lipinski definition) is 0. The summed E-state index contributed by atoms with van der Waals surface area (Å²) < 4.78 is 3.93. The van der Waals surface area contributed by atoms with Crippen molar-refractivity contribution >= 4 is 16.6 Å². The highest BCUT2D eigenvalue weighted by atomic mass is 15.4. The molecule has 5 aromatic rings. The topological polar surface area (TPSA) is 77.0 Å². The van der Waals surface area contributed by atoms with Gasteiger partial charge in [-0.3, -0.25) is 14.6 Å². The van der Waals surface area contributed by atoms with E-state index in [0.717, 1.165) is 64.4 Å². The molecule has 8 nitrogen and oxygen atoms in total. The minimum absolute atomic E-state index is 0.0465. The van der Waals surface area contributed by atoms with Crippen LogP contribution in [0.5, 0.6) is 0 Å². The molecule has 166 valence electrons. The molecule has 0 aliphatic carbocycles. The quantitative estimate of drug-likeness (QED) is 0.415. The van der Waals surface area contributed by atoms with Gasteiger partial charge in [0.25, 0.3) is 0 Å². The van der Waals surface area contributed by atoms with Crippen LogP contribution in [0.2, 0.25) is 0 Å². The van der Waals surface area contributed by atoms with Gasteiger partial charge in [0.05, 0.1) is 23.4 Å². The van der Waals surface area contributed by atoms with Gasteiger partial charge in [0, 0.05) is 47.9 Å². The van der Waals surface area contributed by atoms with Crippen LogP contribution in [0.15, 0.2) is 55.0 Å². The first-order valence-electron chi connectivity index (χ1n) is 11.4. The highest BCUT2D eigenvalue weighted by molar-refractivity contribution is 5.84. The second-order valence-corrected chi connectivity index (χ2v) is 8.92. The van der Waals surface area contributed by atoms with E-state index in [1.807, 2.05) is 36.0 Å². The van der Waals surface area contributed by atoms with Gasteiger partial charge in [0.1, 0.15) is 0 Å². The first kappa shape index (κ1) is 20.0. The van der Waals surface area contributed by atoms with Gasteiger partial charge in [-0.1, -0.05) is 19.9 Å². The molecule has 0 N–H and O–H groups in total. The zero-order valence-electron chi connectivity index (χ0n) is 19.0. The smallest absolute Gasteiger partial charge is 0.177 e. The third kappa shape index (κ3) is 3.47. The molecule has 1 aromatic carbocycles. The van der Waals surface area contributed by atoms with Crippen molar-refractivity contribution in [3.05, 3.63) is 72.1 Å². The lowest BCUT2D eigenvalue weighted by Crippen LogP contribution is -2.47. The van der Waals surface area contributed by atoms with E-state index in [-0.39, 0.29) is 5.92 Å². The van der Waals surface area contributed by atoms with Crippen LogP contribution in [0.1, 0.15) is 42.9 Å². The number of hydrogen-bond acceptors (Lipinski definition) is 6. The summed E-state index contributed by atoms with van der Waals surface area (Å²) >= 11 is 0. The maximum absolute atomic E-state index is 4.71. The molecule has 1 aliphatic rings. The molecule has 1 unspecified atom stereocenters. The average Bonchev–Trinajstić information content (AvgIpc) is 3.44. The SMILES string of the molecule is CCN1CC(n2cc(-c3cnc4ccc(C(C)c5nnc6ccc(C)nn56)cc4c3)cn2)C1.